The second-order valence-corrected chi connectivity index (χ2v) is 9.33. The third-order valence-corrected chi connectivity index (χ3v) is 6.85. The Balaban J connectivity index is 1.22. The minimum atomic E-state index is -0.555. The lowest BCUT2D eigenvalue weighted by atomic mass is 10.1. The van der Waals surface area contributed by atoms with Gasteiger partial charge in [0.25, 0.3) is 5.91 Å². The predicted octanol–water partition coefficient (Wildman–Crippen LogP) is 4.36. The molecule has 0 bridgehead atoms. The number of hydrogen-bond acceptors (Lipinski definition) is 8. The van der Waals surface area contributed by atoms with Crippen LogP contribution in [0.25, 0.3) is 10.6 Å². The Hall–Kier alpha value is -3.66. The normalized spacial score (nSPS) is 16.4. The average molecular weight is 495 g/mol. The zero-order valence-electron chi connectivity index (χ0n) is 19.4. The molecular weight excluding hydrogens is 468 g/mol. The van der Waals surface area contributed by atoms with E-state index < -0.39 is 6.04 Å². The molecule has 0 radical (unpaired) electrons. The van der Waals surface area contributed by atoms with Crippen LogP contribution >= 0.6 is 11.3 Å². The zero-order chi connectivity index (χ0) is 24.2. The first-order valence-corrected chi connectivity index (χ1v) is 12.5. The van der Waals surface area contributed by atoms with Gasteiger partial charge in [0.05, 0.1) is 6.61 Å². The van der Waals surface area contributed by atoms with Crippen molar-refractivity contribution < 1.29 is 23.8 Å². The Morgan fingerprint density at radius 1 is 1.14 bits per heavy atom. The second kappa shape index (κ2) is 10.3. The Kier molecular flexibility index (Phi) is 6.80. The average Bonchev–Trinajstić information content (AvgIpc) is 3.64. The Morgan fingerprint density at radius 3 is 2.80 bits per heavy atom. The van der Waals surface area contributed by atoms with Crippen molar-refractivity contribution in [1.82, 2.24) is 15.1 Å². The molecule has 2 aliphatic heterocycles. The van der Waals surface area contributed by atoms with Gasteiger partial charge < -0.3 is 19.1 Å². The number of aromatic nitrogens is 2. The number of fused-ring (bicyclic) bond motifs is 1. The Labute approximate surface area is 207 Å². The van der Waals surface area contributed by atoms with Crippen molar-refractivity contribution in [2.45, 2.75) is 38.6 Å². The van der Waals surface area contributed by atoms with Gasteiger partial charge in [-0.05, 0) is 61.7 Å². The van der Waals surface area contributed by atoms with Crippen LogP contribution in [0.3, 0.4) is 0 Å². The van der Waals surface area contributed by atoms with Crippen molar-refractivity contribution in [1.29, 1.82) is 0 Å². The fraction of sp³-hybridized carbons (Fsp3) is 0.360. The minimum Gasteiger partial charge on any atom is -0.494 e. The molecule has 1 saturated heterocycles. The maximum Gasteiger partial charge on any atom is 0.254 e. The lowest BCUT2D eigenvalue weighted by Gasteiger charge is -2.23. The third kappa shape index (κ3) is 5.07. The van der Waals surface area contributed by atoms with Crippen LogP contribution in [0, 0.1) is 0 Å². The first kappa shape index (κ1) is 23.1. The number of amides is 2. The van der Waals surface area contributed by atoms with Crippen LogP contribution in [0.5, 0.6) is 17.2 Å². The molecule has 182 valence electrons. The summed E-state index contributed by atoms with van der Waals surface area (Å²) in [5, 5.41) is 12.2. The van der Waals surface area contributed by atoms with Crippen LogP contribution in [0.2, 0.25) is 0 Å². The molecule has 0 aliphatic carbocycles. The third-order valence-electron chi connectivity index (χ3n) is 5.96. The lowest BCUT2D eigenvalue weighted by molar-refractivity contribution is -0.119. The van der Waals surface area contributed by atoms with E-state index in [1.165, 1.54) is 11.3 Å². The summed E-state index contributed by atoms with van der Waals surface area (Å²) in [6.45, 7) is 3.49. The molecule has 10 heteroatoms. The van der Waals surface area contributed by atoms with Crippen LogP contribution in [-0.2, 0) is 4.79 Å². The summed E-state index contributed by atoms with van der Waals surface area (Å²) < 4.78 is 16.4. The number of anilines is 1. The molecule has 2 aromatic carbocycles. The maximum absolute atomic E-state index is 13.1. The highest BCUT2D eigenvalue weighted by atomic mass is 32.1. The van der Waals surface area contributed by atoms with Gasteiger partial charge in [-0.25, -0.2) is 0 Å². The number of likely N-dealkylation sites (tertiary alicyclic amines) is 1. The first-order valence-electron chi connectivity index (χ1n) is 11.7. The van der Waals surface area contributed by atoms with Gasteiger partial charge in [0, 0.05) is 17.7 Å². The molecule has 3 heterocycles. The molecule has 1 fully saturated rings. The van der Waals surface area contributed by atoms with E-state index >= 15 is 0 Å². The van der Waals surface area contributed by atoms with Crippen LogP contribution in [0.4, 0.5) is 5.13 Å². The molecule has 1 atom stereocenters. The van der Waals surface area contributed by atoms with Gasteiger partial charge in [0.1, 0.15) is 16.8 Å². The number of rotatable bonds is 8. The van der Waals surface area contributed by atoms with E-state index in [1.807, 2.05) is 18.2 Å². The predicted molar refractivity (Wildman–Crippen MR) is 131 cm³/mol. The van der Waals surface area contributed by atoms with E-state index in [2.05, 4.69) is 22.4 Å². The fourth-order valence-corrected chi connectivity index (χ4v) is 4.83. The second-order valence-electron chi connectivity index (χ2n) is 8.35. The number of unbranched alkanes of at least 4 members (excludes halogenated alkanes) is 1. The molecule has 35 heavy (non-hydrogen) atoms. The summed E-state index contributed by atoms with van der Waals surface area (Å²) in [7, 11) is 0. The molecule has 9 nitrogen and oxygen atoms in total. The van der Waals surface area contributed by atoms with Gasteiger partial charge in [0.15, 0.2) is 11.5 Å². The summed E-state index contributed by atoms with van der Waals surface area (Å²) in [5.41, 5.74) is 1.36. The quantitative estimate of drug-likeness (QED) is 0.464. The largest absolute Gasteiger partial charge is 0.494 e. The van der Waals surface area contributed by atoms with Gasteiger partial charge in [-0.2, -0.15) is 0 Å². The molecule has 0 spiro atoms. The molecule has 5 rings (SSSR count). The number of hydrogen-bond donors (Lipinski definition) is 1. The van der Waals surface area contributed by atoms with Crippen molar-refractivity contribution in [2.75, 3.05) is 25.3 Å². The van der Waals surface area contributed by atoms with Gasteiger partial charge in [-0.1, -0.05) is 24.7 Å². The standard InChI is InChI=1S/C25H26N4O5S/c1-2-3-13-32-18-9-6-16(7-10-18)24(31)29-12-4-5-19(29)22(30)26-25-28-27-23(35-25)17-8-11-20-21(14-17)34-15-33-20/h6-11,14,19H,2-5,12-13,15H2,1H3,(H,26,28,30). The summed E-state index contributed by atoms with van der Waals surface area (Å²) in [4.78, 5) is 27.8. The zero-order valence-corrected chi connectivity index (χ0v) is 20.2. The lowest BCUT2D eigenvalue weighted by Crippen LogP contribution is -2.43. The monoisotopic (exact) mass is 494 g/mol. The van der Waals surface area contributed by atoms with E-state index in [-0.39, 0.29) is 18.6 Å². The number of benzene rings is 2. The van der Waals surface area contributed by atoms with E-state index in [0.717, 1.165) is 30.6 Å². The number of nitrogens with zero attached hydrogens (tertiary/aromatic N) is 3. The fourth-order valence-electron chi connectivity index (χ4n) is 4.08. The van der Waals surface area contributed by atoms with Gasteiger partial charge >= 0.3 is 0 Å². The van der Waals surface area contributed by atoms with Gasteiger partial charge in [-0.15, -0.1) is 10.2 Å². The van der Waals surface area contributed by atoms with Crippen molar-refractivity contribution in [2.24, 2.45) is 0 Å². The minimum absolute atomic E-state index is 0.166. The van der Waals surface area contributed by atoms with Gasteiger partial charge in [0.2, 0.25) is 17.8 Å². The number of ether oxygens (including phenoxy) is 3. The summed E-state index contributed by atoms with van der Waals surface area (Å²) in [6.07, 6.45) is 3.41. The number of carbonyl (C=O) groups excluding carboxylic acids is 2. The van der Waals surface area contributed by atoms with Crippen molar-refractivity contribution in [3.63, 3.8) is 0 Å². The smallest absolute Gasteiger partial charge is 0.254 e. The molecule has 1 unspecified atom stereocenters. The number of nitrogens with one attached hydrogen (secondary N) is 1. The molecule has 1 N–H and O–H groups in total. The van der Waals surface area contributed by atoms with Crippen LogP contribution < -0.4 is 19.5 Å². The van der Waals surface area contributed by atoms with Crippen molar-refractivity contribution >= 4 is 28.3 Å². The maximum atomic E-state index is 13.1. The molecular formula is C25H26N4O5S. The SMILES string of the molecule is CCCCOc1ccc(C(=O)N2CCCC2C(=O)Nc2nnc(-c3ccc4c(c3)OCO4)s2)cc1. The van der Waals surface area contributed by atoms with Crippen molar-refractivity contribution in [3.8, 4) is 27.8 Å². The summed E-state index contributed by atoms with van der Waals surface area (Å²) in [5.74, 6) is 1.66. The molecule has 3 aromatic rings. The van der Waals surface area contributed by atoms with Gasteiger partial charge in [-0.3, -0.25) is 14.9 Å². The molecule has 1 aromatic heterocycles. The van der Waals surface area contributed by atoms with E-state index in [1.54, 1.807) is 29.2 Å². The first-order chi connectivity index (χ1) is 17.1. The van der Waals surface area contributed by atoms with E-state index in [9.17, 15) is 9.59 Å². The Morgan fingerprint density at radius 2 is 1.97 bits per heavy atom. The molecule has 0 saturated carbocycles. The van der Waals surface area contributed by atoms with E-state index in [4.69, 9.17) is 14.2 Å². The highest BCUT2D eigenvalue weighted by molar-refractivity contribution is 7.18. The van der Waals surface area contributed by atoms with Crippen LogP contribution in [0.1, 0.15) is 43.0 Å². The highest BCUT2D eigenvalue weighted by Crippen LogP contribution is 2.37. The molecule has 2 aliphatic rings. The number of carbonyl (C=O) groups is 2. The summed E-state index contributed by atoms with van der Waals surface area (Å²) >= 11 is 1.27. The Bertz CT molecular complexity index is 1210. The van der Waals surface area contributed by atoms with Crippen LogP contribution in [-0.4, -0.2) is 52.9 Å². The topological polar surface area (TPSA) is 103 Å². The highest BCUT2D eigenvalue weighted by Gasteiger charge is 2.35. The molecule has 2 amide bonds. The summed E-state index contributed by atoms with van der Waals surface area (Å²) in [6, 6.07) is 12.1. The van der Waals surface area contributed by atoms with Crippen molar-refractivity contribution in [3.05, 3.63) is 48.0 Å². The van der Waals surface area contributed by atoms with E-state index in [0.29, 0.717) is 46.8 Å². The van der Waals surface area contributed by atoms with Crippen LogP contribution in [0.15, 0.2) is 42.5 Å².